The number of furan rings is 1. The minimum atomic E-state index is -3.69. The number of carbonyl (C=O) groups is 1. The Kier molecular flexibility index (Phi) is 5.29. The molecule has 1 aliphatic rings. The lowest BCUT2D eigenvalue weighted by Gasteiger charge is -2.21. The lowest BCUT2D eigenvalue weighted by Crippen LogP contribution is -2.37. The summed E-state index contributed by atoms with van der Waals surface area (Å²) in [5.41, 5.74) is 1.48. The fraction of sp³-hybridized carbons (Fsp3) is 0.400. The Morgan fingerprint density at radius 1 is 1.20 bits per heavy atom. The highest BCUT2D eigenvalue weighted by Crippen LogP contribution is 2.29. The first-order chi connectivity index (χ1) is 14.3. The second-order valence-corrected chi connectivity index (χ2v) is 9.18. The van der Waals surface area contributed by atoms with Crippen molar-refractivity contribution in [3.05, 3.63) is 41.4 Å². The molecule has 30 heavy (non-hydrogen) atoms. The van der Waals surface area contributed by atoms with Gasteiger partial charge in [-0.2, -0.15) is 9.40 Å². The Hall–Kier alpha value is -2.85. The van der Waals surface area contributed by atoms with Crippen LogP contribution < -0.4 is 4.74 Å². The average molecular weight is 433 g/mol. The highest BCUT2D eigenvalue weighted by atomic mass is 32.2. The van der Waals surface area contributed by atoms with E-state index in [4.69, 9.17) is 9.15 Å². The summed E-state index contributed by atoms with van der Waals surface area (Å²) < 4.78 is 38.7. The molecular weight excluding hydrogens is 408 g/mol. The van der Waals surface area contributed by atoms with E-state index >= 15 is 0 Å². The molecule has 160 valence electrons. The van der Waals surface area contributed by atoms with Gasteiger partial charge in [-0.1, -0.05) is 12.1 Å². The molecule has 3 aromatic rings. The minimum absolute atomic E-state index is 0.210. The van der Waals surface area contributed by atoms with Crippen LogP contribution in [-0.2, 0) is 10.0 Å². The Bertz CT molecular complexity index is 1180. The summed E-state index contributed by atoms with van der Waals surface area (Å²) in [4.78, 5) is 14.9. The number of hydrogen-bond donors (Lipinski definition) is 1. The lowest BCUT2D eigenvalue weighted by atomic mass is 10.2. The van der Waals surface area contributed by atoms with Crippen molar-refractivity contribution in [2.45, 2.75) is 25.2 Å². The van der Waals surface area contributed by atoms with Crippen molar-refractivity contribution in [2.75, 3.05) is 33.3 Å². The van der Waals surface area contributed by atoms with Crippen molar-refractivity contribution in [1.82, 2.24) is 19.4 Å². The van der Waals surface area contributed by atoms with Crippen LogP contribution in [0.3, 0.4) is 0 Å². The normalized spacial score (nSPS) is 16.0. The molecule has 1 fully saturated rings. The van der Waals surface area contributed by atoms with Crippen molar-refractivity contribution < 1.29 is 22.4 Å². The van der Waals surface area contributed by atoms with Crippen molar-refractivity contribution in [3.8, 4) is 5.75 Å². The average Bonchev–Trinajstić information content (AvgIpc) is 3.20. The summed E-state index contributed by atoms with van der Waals surface area (Å²) >= 11 is 0. The van der Waals surface area contributed by atoms with E-state index in [1.54, 1.807) is 38.0 Å². The van der Waals surface area contributed by atoms with Gasteiger partial charge in [0.25, 0.3) is 5.91 Å². The summed E-state index contributed by atoms with van der Waals surface area (Å²) in [7, 11) is -2.14. The number of ether oxygens (including phenoxy) is 1. The number of carbonyl (C=O) groups excluding carboxylic acids is 1. The van der Waals surface area contributed by atoms with E-state index in [2.05, 4.69) is 10.2 Å². The zero-order valence-corrected chi connectivity index (χ0v) is 18.0. The van der Waals surface area contributed by atoms with Gasteiger partial charge in [-0.25, -0.2) is 8.42 Å². The molecule has 1 aromatic carbocycles. The number of methoxy groups -OCH3 is 1. The first-order valence-corrected chi connectivity index (χ1v) is 11.1. The molecular formula is C20H24N4O5S. The molecule has 10 heteroatoms. The number of rotatable bonds is 4. The zero-order chi connectivity index (χ0) is 21.5. The maximum Gasteiger partial charge on any atom is 0.289 e. The highest BCUT2D eigenvalue weighted by molar-refractivity contribution is 7.89. The Morgan fingerprint density at radius 3 is 2.70 bits per heavy atom. The van der Waals surface area contributed by atoms with Crippen LogP contribution in [0.1, 0.15) is 28.4 Å². The number of aromatic amines is 1. The van der Waals surface area contributed by atoms with E-state index in [-0.39, 0.29) is 29.7 Å². The van der Waals surface area contributed by atoms with Crippen LogP contribution in [0.25, 0.3) is 11.0 Å². The fourth-order valence-corrected chi connectivity index (χ4v) is 5.65. The molecule has 1 saturated heterocycles. The van der Waals surface area contributed by atoms with E-state index in [1.807, 2.05) is 12.1 Å². The Morgan fingerprint density at radius 2 is 2.00 bits per heavy atom. The van der Waals surface area contributed by atoms with Gasteiger partial charge >= 0.3 is 0 Å². The van der Waals surface area contributed by atoms with Crippen LogP contribution in [0, 0.1) is 13.8 Å². The number of nitrogens with zero attached hydrogens (tertiary/aromatic N) is 3. The summed E-state index contributed by atoms with van der Waals surface area (Å²) in [6, 6.07) is 7.15. The van der Waals surface area contributed by atoms with Crippen LogP contribution in [0.5, 0.6) is 5.75 Å². The molecule has 0 radical (unpaired) electrons. The van der Waals surface area contributed by atoms with E-state index in [0.29, 0.717) is 42.2 Å². The molecule has 0 spiro atoms. The molecule has 0 bridgehead atoms. The smallest absolute Gasteiger partial charge is 0.289 e. The monoisotopic (exact) mass is 432 g/mol. The third kappa shape index (κ3) is 3.46. The molecule has 9 nitrogen and oxygen atoms in total. The number of para-hydroxylation sites is 1. The lowest BCUT2D eigenvalue weighted by molar-refractivity contribution is 0.0734. The minimum Gasteiger partial charge on any atom is -0.493 e. The summed E-state index contributed by atoms with van der Waals surface area (Å²) in [5.74, 6) is 0.515. The van der Waals surface area contributed by atoms with Crippen LogP contribution in [-0.4, -0.2) is 67.0 Å². The van der Waals surface area contributed by atoms with E-state index in [9.17, 15) is 13.2 Å². The molecule has 3 heterocycles. The predicted molar refractivity (Wildman–Crippen MR) is 110 cm³/mol. The maximum atomic E-state index is 13.1. The van der Waals surface area contributed by atoms with Crippen LogP contribution in [0.15, 0.2) is 33.6 Å². The number of H-pyrrole nitrogens is 1. The van der Waals surface area contributed by atoms with E-state index in [1.165, 1.54) is 4.31 Å². The van der Waals surface area contributed by atoms with Gasteiger partial charge in [-0.15, -0.1) is 0 Å². The number of benzene rings is 1. The van der Waals surface area contributed by atoms with Gasteiger partial charge in [0.2, 0.25) is 10.0 Å². The number of fused-ring (bicyclic) bond motifs is 1. The first kappa shape index (κ1) is 20.4. The zero-order valence-electron chi connectivity index (χ0n) is 17.1. The third-order valence-electron chi connectivity index (χ3n) is 5.34. The highest BCUT2D eigenvalue weighted by Gasteiger charge is 2.32. The van der Waals surface area contributed by atoms with Gasteiger partial charge in [0.05, 0.1) is 18.5 Å². The predicted octanol–water partition coefficient (Wildman–Crippen LogP) is 2.32. The number of hydrogen-bond acceptors (Lipinski definition) is 6. The molecule has 2 aromatic heterocycles. The van der Waals surface area contributed by atoms with Crippen molar-refractivity contribution in [2.24, 2.45) is 0 Å². The Labute approximate surface area is 174 Å². The summed E-state index contributed by atoms with van der Waals surface area (Å²) in [6.45, 7) is 4.63. The van der Waals surface area contributed by atoms with Crippen LogP contribution in [0.4, 0.5) is 0 Å². The number of sulfonamides is 1. The van der Waals surface area contributed by atoms with Gasteiger partial charge in [-0.3, -0.25) is 9.89 Å². The van der Waals surface area contributed by atoms with Gasteiger partial charge in [0, 0.05) is 31.6 Å². The van der Waals surface area contributed by atoms with Gasteiger partial charge in [-0.05, 0) is 32.4 Å². The fourth-order valence-electron chi connectivity index (χ4n) is 3.85. The Balaban J connectivity index is 1.54. The molecule has 0 aliphatic carbocycles. The molecule has 1 amide bonds. The second kappa shape index (κ2) is 7.77. The standard InChI is InChI=1S/C20H24N4O5S/c1-13-19(14(2)22-21-13)30(26,27)24-9-5-8-23(10-11-24)20(25)17-12-15-6-4-7-16(28-3)18(15)29-17/h4,6-7,12H,5,8-11H2,1-3H3,(H,21,22). The van der Waals surface area contributed by atoms with Gasteiger partial charge in [0.15, 0.2) is 17.1 Å². The van der Waals surface area contributed by atoms with Crippen LogP contribution in [0.2, 0.25) is 0 Å². The molecule has 0 unspecified atom stereocenters. The number of aromatic nitrogens is 2. The largest absolute Gasteiger partial charge is 0.493 e. The first-order valence-electron chi connectivity index (χ1n) is 9.70. The summed E-state index contributed by atoms with van der Waals surface area (Å²) in [6.07, 6.45) is 0.532. The molecule has 4 rings (SSSR count). The number of aryl methyl sites for hydroxylation is 2. The van der Waals surface area contributed by atoms with Gasteiger partial charge < -0.3 is 14.1 Å². The van der Waals surface area contributed by atoms with Crippen LogP contribution >= 0.6 is 0 Å². The van der Waals surface area contributed by atoms with Gasteiger partial charge in [0.1, 0.15) is 4.90 Å². The number of nitrogens with one attached hydrogen (secondary N) is 1. The molecule has 1 N–H and O–H groups in total. The van der Waals surface area contributed by atoms with Crippen molar-refractivity contribution >= 4 is 26.9 Å². The van der Waals surface area contributed by atoms with E-state index < -0.39 is 10.0 Å². The quantitative estimate of drug-likeness (QED) is 0.678. The van der Waals surface area contributed by atoms with Crippen molar-refractivity contribution in [3.63, 3.8) is 0 Å². The third-order valence-corrected chi connectivity index (χ3v) is 7.50. The molecule has 1 aliphatic heterocycles. The van der Waals surface area contributed by atoms with Crippen molar-refractivity contribution in [1.29, 1.82) is 0 Å². The summed E-state index contributed by atoms with van der Waals surface area (Å²) in [5, 5.41) is 7.51. The molecule has 0 saturated carbocycles. The SMILES string of the molecule is COc1cccc2cc(C(=O)N3CCCN(S(=O)(=O)c4c(C)n[nH]c4C)CC3)oc12. The maximum absolute atomic E-state index is 13.1. The molecule has 0 atom stereocenters. The topological polar surface area (TPSA) is 109 Å². The second-order valence-electron chi connectivity index (χ2n) is 7.30. The number of amides is 1. The van der Waals surface area contributed by atoms with E-state index in [0.717, 1.165) is 5.39 Å².